The molecule has 1 aromatic heterocycles. The van der Waals surface area contributed by atoms with Crippen LogP contribution in [0.5, 0.6) is 0 Å². The van der Waals surface area contributed by atoms with Gasteiger partial charge in [-0.2, -0.15) is 0 Å². The highest BCUT2D eigenvalue weighted by Gasteiger charge is 2.18. The molecule has 0 amide bonds. The molecule has 2 aromatic rings. The number of methoxy groups -OCH3 is 1. The molecule has 24 heavy (non-hydrogen) atoms. The number of para-hydroxylation sites is 2. The van der Waals surface area contributed by atoms with Gasteiger partial charge in [0.25, 0.3) is 0 Å². The molecule has 0 aliphatic carbocycles. The second kappa shape index (κ2) is 8.23. The highest BCUT2D eigenvalue weighted by Crippen LogP contribution is 2.25. The Morgan fingerprint density at radius 1 is 1.25 bits per heavy atom. The fourth-order valence-electron chi connectivity index (χ4n) is 2.74. The van der Waals surface area contributed by atoms with Gasteiger partial charge in [-0.15, -0.1) is 0 Å². The standard InChI is InChI=1S/C17H24N4O3/c1-23-12-13(22)6-7-18-16-17(21-8-10-24-11-9-21)20-15-5-3-2-4-14(15)19-16/h2-5,13,22H,6-12H2,1H3,(H,18,19). The number of ether oxygens (including phenoxy) is 2. The summed E-state index contributed by atoms with van der Waals surface area (Å²) in [7, 11) is 1.59. The molecule has 7 nitrogen and oxygen atoms in total. The molecule has 2 N–H and O–H groups in total. The Kier molecular flexibility index (Phi) is 5.79. The molecule has 7 heteroatoms. The lowest BCUT2D eigenvalue weighted by atomic mass is 10.2. The maximum absolute atomic E-state index is 9.79. The van der Waals surface area contributed by atoms with Crippen molar-refractivity contribution in [1.82, 2.24) is 9.97 Å². The van der Waals surface area contributed by atoms with Crippen LogP contribution in [0.4, 0.5) is 11.6 Å². The Morgan fingerprint density at radius 3 is 2.67 bits per heavy atom. The summed E-state index contributed by atoms with van der Waals surface area (Å²) in [5.41, 5.74) is 1.73. The van der Waals surface area contributed by atoms with Gasteiger partial charge in [0, 0.05) is 26.7 Å². The van der Waals surface area contributed by atoms with E-state index in [2.05, 4.69) is 10.2 Å². The van der Waals surface area contributed by atoms with Gasteiger partial charge >= 0.3 is 0 Å². The molecule has 1 saturated heterocycles. The van der Waals surface area contributed by atoms with E-state index in [1.54, 1.807) is 7.11 Å². The van der Waals surface area contributed by atoms with Crippen molar-refractivity contribution in [1.29, 1.82) is 0 Å². The van der Waals surface area contributed by atoms with E-state index in [9.17, 15) is 5.11 Å². The van der Waals surface area contributed by atoms with Gasteiger partial charge in [-0.25, -0.2) is 9.97 Å². The molecule has 1 aliphatic rings. The third-order valence-corrected chi connectivity index (χ3v) is 3.99. The van der Waals surface area contributed by atoms with Crippen LogP contribution in [0.2, 0.25) is 0 Å². The first-order chi connectivity index (χ1) is 11.8. The van der Waals surface area contributed by atoms with Gasteiger partial charge in [0.15, 0.2) is 11.6 Å². The van der Waals surface area contributed by atoms with Crippen molar-refractivity contribution in [2.24, 2.45) is 0 Å². The minimum absolute atomic E-state index is 0.335. The predicted octanol–water partition coefficient (Wildman–Crippen LogP) is 1.28. The summed E-state index contributed by atoms with van der Waals surface area (Å²) in [6.45, 7) is 3.93. The van der Waals surface area contributed by atoms with Crippen LogP contribution in [0.1, 0.15) is 6.42 Å². The lowest BCUT2D eigenvalue weighted by Crippen LogP contribution is -2.37. The Balaban J connectivity index is 1.80. The number of aliphatic hydroxyl groups excluding tert-OH is 1. The van der Waals surface area contributed by atoms with Crippen molar-refractivity contribution in [2.75, 3.05) is 56.8 Å². The largest absolute Gasteiger partial charge is 0.391 e. The molecule has 2 heterocycles. The van der Waals surface area contributed by atoms with Crippen LogP contribution in [-0.4, -0.2) is 67.7 Å². The monoisotopic (exact) mass is 332 g/mol. The van der Waals surface area contributed by atoms with Crippen LogP contribution < -0.4 is 10.2 Å². The van der Waals surface area contributed by atoms with Crippen molar-refractivity contribution in [3.8, 4) is 0 Å². The topological polar surface area (TPSA) is 79.7 Å². The second-order valence-electron chi connectivity index (χ2n) is 5.81. The molecule has 0 bridgehead atoms. The van der Waals surface area contributed by atoms with Crippen LogP contribution in [0.15, 0.2) is 24.3 Å². The summed E-state index contributed by atoms with van der Waals surface area (Å²) in [6.07, 6.45) is 0.105. The zero-order valence-corrected chi connectivity index (χ0v) is 13.9. The van der Waals surface area contributed by atoms with Gasteiger partial charge in [-0.1, -0.05) is 12.1 Å². The maximum Gasteiger partial charge on any atom is 0.172 e. The number of anilines is 2. The van der Waals surface area contributed by atoms with Crippen molar-refractivity contribution >= 4 is 22.7 Å². The first-order valence-electron chi connectivity index (χ1n) is 8.28. The second-order valence-corrected chi connectivity index (χ2v) is 5.81. The summed E-state index contributed by atoms with van der Waals surface area (Å²) in [5, 5.41) is 13.1. The van der Waals surface area contributed by atoms with Crippen molar-refractivity contribution in [3.63, 3.8) is 0 Å². The molecule has 3 rings (SSSR count). The van der Waals surface area contributed by atoms with Gasteiger partial charge in [-0.3, -0.25) is 0 Å². The third kappa shape index (κ3) is 4.11. The van der Waals surface area contributed by atoms with E-state index in [-0.39, 0.29) is 0 Å². The number of fused-ring (bicyclic) bond motifs is 1. The van der Waals surface area contributed by atoms with E-state index in [0.717, 1.165) is 35.8 Å². The van der Waals surface area contributed by atoms with Crippen LogP contribution in [0.3, 0.4) is 0 Å². The molecule has 1 fully saturated rings. The molecule has 0 saturated carbocycles. The number of nitrogens with one attached hydrogen (secondary N) is 1. The fourth-order valence-corrected chi connectivity index (χ4v) is 2.74. The molecule has 0 radical (unpaired) electrons. The van der Waals surface area contributed by atoms with E-state index in [1.165, 1.54) is 0 Å². The van der Waals surface area contributed by atoms with E-state index < -0.39 is 6.10 Å². The summed E-state index contributed by atoms with van der Waals surface area (Å²) >= 11 is 0. The Labute approximate surface area is 141 Å². The first kappa shape index (κ1) is 16.9. The zero-order valence-electron chi connectivity index (χ0n) is 13.9. The summed E-state index contributed by atoms with van der Waals surface area (Å²) in [5.74, 6) is 1.60. The van der Waals surface area contributed by atoms with Crippen LogP contribution in [0.25, 0.3) is 11.0 Å². The molecule has 1 aromatic carbocycles. The van der Waals surface area contributed by atoms with Gasteiger partial charge in [0.2, 0.25) is 0 Å². The fraction of sp³-hybridized carbons (Fsp3) is 0.529. The number of benzene rings is 1. The summed E-state index contributed by atoms with van der Waals surface area (Å²) < 4.78 is 10.4. The highest BCUT2D eigenvalue weighted by molar-refractivity contribution is 5.80. The molecule has 1 atom stereocenters. The number of rotatable bonds is 7. The van der Waals surface area contributed by atoms with Crippen LogP contribution >= 0.6 is 0 Å². The Morgan fingerprint density at radius 2 is 1.96 bits per heavy atom. The predicted molar refractivity (Wildman–Crippen MR) is 93.6 cm³/mol. The summed E-state index contributed by atoms with van der Waals surface area (Å²) in [4.78, 5) is 11.7. The van der Waals surface area contributed by atoms with E-state index in [0.29, 0.717) is 32.8 Å². The zero-order chi connectivity index (χ0) is 16.8. The Bertz CT molecular complexity index is 661. The van der Waals surface area contributed by atoms with Crippen LogP contribution in [0, 0.1) is 0 Å². The van der Waals surface area contributed by atoms with E-state index >= 15 is 0 Å². The lowest BCUT2D eigenvalue weighted by Gasteiger charge is -2.29. The van der Waals surface area contributed by atoms with Gasteiger partial charge in [-0.05, 0) is 18.6 Å². The van der Waals surface area contributed by atoms with Gasteiger partial charge in [0.05, 0.1) is 37.0 Å². The average molecular weight is 332 g/mol. The van der Waals surface area contributed by atoms with Crippen LogP contribution in [-0.2, 0) is 9.47 Å². The minimum atomic E-state index is -0.484. The van der Waals surface area contributed by atoms with E-state index in [1.807, 2.05) is 24.3 Å². The highest BCUT2D eigenvalue weighted by atomic mass is 16.5. The Hall–Kier alpha value is -1.96. The number of hydrogen-bond acceptors (Lipinski definition) is 7. The molecular weight excluding hydrogens is 308 g/mol. The maximum atomic E-state index is 9.79. The quantitative estimate of drug-likeness (QED) is 0.790. The number of aliphatic hydroxyl groups is 1. The third-order valence-electron chi connectivity index (χ3n) is 3.99. The molecule has 0 spiro atoms. The molecule has 1 unspecified atom stereocenters. The number of morpholine rings is 1. The van der Waals surface area contributed by atoms with Gasteiger partial charge in [0.1, 0.15) is 0 Å². The SMILES string of the molecule is COCC(O)CCNc1nc2ccccc2nc1N1CCOCC1. The van der Waals surface area contributed by atoms with Crippen molar-refractivity contribution in [3.05, 3.63) is 24.3 Å². The van der Waals surface area contributed by atoms with E-state index in [4.69, 9.17) is 19.4 Å². The van der Waals surface area contributed by atoms with Gasteiger partial charge < -0.3 is 24.8 Å². The van der Waals surface area contributed by atoms with Crippen molar-refractivity contribution < 1.29 is 14.6 Å². The first-order valence-corrected chi connectivity index (χ1v) is 8.28. The average Bonchev–Trinajstić information content (AvgIpc) is 2.62. The normalized spacial score (nSPS) is 16.3. The molecule has 1 aliphatic heterocycles. The number of hydrogen-bond donors (Lipinski definition) is 2. The number of aromatic nitrogens is 2. The summed E-state index contributed by atoms with van der Waals surface area (Å²) in [6, 6.07) is 7.85. The van der Waals surface area contributed by atoms with Crippen molar-refractivity contribution in [2.45, 2.75) is 12.5 Å². The molecule has 130 valence electrons. The smallest absolute Gasteiger partial charge is 0.172 e. The minimum Gasteiger partial charge on any atom is -0.391 e. The number of nitrogens with zero attached hydrogens (tertiary/aromatic N) is 3. The lowest BCUT2D eigenvalue weighted by molar-refractivity contribution is 0.0615. The molecular formula is C17H24N4O3.